The number of carbonyl (C=O) groups is 1. The van der Waals surface area contributed by atoms with Crippen molar-refractivity contribution >= 4 is 17.2 Å². The highest BCUT2D eigenvalue weighted by Gasteiger charge is 2.24. The molecular formula is C20H29N3OS+2. The molecule has 0 saturated carbocycles. The van der Waals surface area contributed by atoms with Gasteiger partial charge in [0.25, 0.3) is 5.91 Å². The number of amides is 1. The van der Waals surface area contributed by atoms with Crippen molar-refractivity contribution in [3.63, 3.8) is 0 Å². The third kappa shape index (κ3) is 6.27. The van der Waals surface area contributed by atoms with E-state index >= 15 is 0 Å². The van der Waals surface area contributed by atoms with Gasteiger partial charge in [0.2, 0.25) is 0 Å². The number of carbonyl (C=O) groups excluding carboxylic acids is 1. The molecule has 0 bridgehead atoms. The number of quaternary nitrogens is 2. The highest BCUT2D eigenvalue weighted by atomic mass is 32.1. The van der Waals surface area contributed by atoms with Crippen LogP contribution >= 0.6 is 11.3 Å². The molecule has 3 rings (SSSR count). The fourth-order valence-electron chi connectivity index (χ4n) is 3.42. The summed E-state index contributed by atoms with van der Waals surface area (Å²) >= 11 is 1.85. The van der Waals surface area contributed by atoms with Crippen molar-refractivity contribution in [1.82, 2.24) is 5.32 Å². The lowest BCUT2D eigenvalue weighted by atomic mass is 10.1. The fraction of sp³-hybridized carbons (Fsp3) is 0.450. The molecule has 1 fully saturated rings. The van der Waals surface area contributed by atoms with Gasteiger partial charge in [-0.05, 0) is 29.9 Å². The maximum Gasteiger partial charge on any atom is 0.275 e. The van der Waals surface area contributed by atoms with Crippen LogP contribution in [0.15, 0.2) is 47.8 Å². The number of piperazine rings is 1. The Morgan fingerprint density at radius 1 is 1.00 bits per heavy atom. The minimum atomic E-state index is 0.199. The molecule has 4 nitrogen and oxygen atoms in total. The summed E-state index contributed by atoms with van der Waals surface area (Å²) in [6.45, 7) is 7.05. The van der Waals surface area contributed by atoms with Crippen LogP contribution in [0.2, 0.25) is 0 Å². The lowest BCUT2D eigenvalue weighted by Gasteiger charge is -2.29. The van der Waals surface area contributed by atoms with Crippen LogP contribution in [0.3, 0.4) is 0 Å². The summed E-state index contributed by atoms with van der Waals surface area (Å²) in [5.74, 6) is 0.199. The second-order valence-electron chi connectivity index (χ2n) is 6.87. The summed E-state index contributed by atoms with van der Waals surface area (Å²) in [5.41, 5.74) is 1.34. The Balaban J connectivity index is 1.27. The highest BCUT2D eigenvalue weighted by Crippen LogP contribution is 2.05. The molecule has 1 aromatic heterocycles. The summed E-state index contributed by atoms with van der Waals surface area (Å²) in [5, 5.41) is 5.23. The molecule has 0 aliphatic carbocycles. The maximum absolute atomic E-state index is 12.1. The fourth-order valence-corrected chi connectivity index (χ4v) is 4.20. The van der Waals surface area contributed by atoms with Crippen LogP contribution in [-0.4, -0.2) is 45.2 Å². The van der Waals surface area contributed by atoms with Gasteiger partial charge in [-0.15, -0.1) is 11.3 Å². The van der Waals surface area contributed by atoms with E-state index in [4.69, 9.17) is 0 Å². The number of hydrogen-bond donors (Lipinski definition) is 3. The first-order valence-electron chi connectivity index (χ1n) is 9.30. The molecule has 1 aliphatic heterocycles. The second kappa shape index (κ2) is 9.70. The molecule has 1 amide bonds. The average Bonchev–Trinajstić information content (AvgIpc) is 3.14. The number of rotatable bonds is 8. The molecule has 1 aliphatic rings. The summed E-state index contributed by atoms with van der Waals surface area (Å²) < 4.78 is 0. The van der Waals surface area contributed by atoms with Crippen molar-refractivity contribution in [2.24, 2.45) is 0 Å². The van der Waals surface area contributed by atoms with Crippen LogP contribution < -0.4 is 15.1 Å². The van der Waals surface area contributed by atoms with Crippen molar-refractivity contribution in [3.05, 3.63) is 58.3 Å². The third-order valence-corrected chi connectivity index (χ3v) is 5.76. The predicted molar refractivity (Wildman–Crippen MR) is 102 cm³/mol. The first kappa shape index (κ1) is 18.1. The van der Waals surface area contributed by atoms with Gasteiger partial charge in [0.1, 0.15) is 32.7 Å². The Morgan fingerprint density at radius 3 is 2.48 bits per heavy atom. The number of nitrogens with one attached hydrogen (secondary N) is 3. The normalized spacial score (nSPS) is 20.3. The van der Waals surface area contributed by atoms with E-state index in [1.807, 2.05) is 17.4 Å². The minimum absolute atomic E-state index is 0.199. The Labute approximate surface area is 154 Å². The Bertz CT molecular complexity index is 622. The Kier molecular flexibility index (Phi) is 7.03. The second-order valence-corrected chi connectivity index (χ2v) is 7.90. The maximum atomic E-state index is 12.1. The smallest absolute Gasteiger partial charge is 0.275 e. The van der Waals surface area contributed by atoms with Crippen LogP contribution in [-0.2, 0) is 17.8 Å². The molecule has 2 aromatic rings. The number of thiophene rings is 1. The van der Waals surface area contributed by atoms with Gasteiger partial charge in [-0.1, -0.05) is 36.4 Å². The lowest BCUT2D eigenvalue weighted by Crippen LogP contribution is -3.28. The number of hydrogen-bond acceptors (Lipinski definition) is 2. The number of aryl methyl sites for hydroxylation is 1. The highest BCUT2D eigenvalue weighted by molar-refractivity contribution is 7.09. The molecular weight excluding hydrogens is 330 g/mol. The average molecular weight is 360 g/mol. The standard InChI is InChI=1S/C20H27N3OS/c24-20(21-10-4-8-18-6-2-1-3-7-18)17-23-13-11-22(12-14-23)16-19-9-5-15-25-19/h1-3,5-7,9,15H,4,8,10-14,16-17H2,(H,21,24)/p+2. The van der Waals surface area contributed by atoms with Crippen molar-refractivity contribution in [2.45, 2.75) is 19.4 Å². The van der Waals surface area contributed by atoms with Gasteiger partial charge in [-0.2, -0.15) is 0 Å². The first-order valence-corrected chi connectivity index (χ1v) is 10.2. The SMILES string of the molecule is O=C(C[NH+]1CC[NH+](Cc2cccs2)CC1)NCCCc1ccccc1. The van der Waals surface area contributed by atoms with Crippen LogP contribution in [0.25, 0.3) is 0 Å². The van der Waals surface area contributed by atoms with Gasteiger partial charge < -0.3 is 15.1 Å². The Morgan fingerprint density at radius 2 is 1.76 bits per heavy atom. The van der Waals surface area contributed by atoms with Gasteiger partial charge in [0.15, 0.2) is 6.54 Å². The van der Waals surface area contributed by atoms with Crippen molar-refractivity contribution in [2.75, 3.05) is 39.3 Å². The van der Waals surface area contributed by atoms with Gasteiger partial charge >= 0.3 is 0 Å². The van der Waals surface area contributed by atoms with E-state index in [2.05, 4.69) is 47.1 Å². The van der Waals surface area contributed by atoms with E-state index in [-0.39, 0.29) is 5.91 Å². The van der Waals surface area contributed by atoms with Crippen LogP contribution in [0.1, 0.15) is 16.9 Å². The van der Waals surface area contributed by atoms with E-state index in [0.717, 1.165) is 52.1 Å². The summed E-state index contributed by atoms with van der Waals surface area (Å²) in [7, 11) is 0. The first-order chi connectivity index (χ1) is 12.3. The molecule has 1 aromatic carbocycles. The zero-order chi connectivity index (χ0) is 17.3. The topological polar surface area (TPSA) is 38.0 Å². The van der Waals surface area contributed by atoms with Crippen LogP contribution in [0.4, 0.5) is 0 Å². The molecule has 0 spiro atoms. The molecule has 5 heteroatoms. The van der Waals surface area contributed by atoms with Gasteiger partial charge in [-0.3, -0.25) is 4.79 Å². The van der Waals surface area contributed by atoms with Crippen LogP contribution in [0.5, 0.6) is 0 Å². The molecule has 2 heterocycles. The van der Waals surface area contributed by atoms with E-state index in [9.17, 15) is 4.79 Å². The molecule has 25 heavy (non-hydrogen) atoms. The summed E-state index contributed by atoms with van der Waals surface area (Å²) in [6, 6.07) is 14.8. The third-order valence-electron chi connectivity index (χ3n) is 4.89. The summed E-state index contributed by atoms with van der Waals surface area (Å²) in [6.07, 6.45) is 2.03. The predicted octanol–water partition coefficient (Wildman–Crippen LogP) is -0.219. The Hall–Kier alpha value is -1.69. The molecule has 0 radical (unpaired) electrons. The molecule has 1 saturated heterocycles. The summed E-state index contributed by atoms with van der Waals surface area (Å²) in [4.78, 5) is 16.7. The van der Waals surface area contributed by atoms with Crippen LogP contribution in [0, 0.1) is 0 Å². The zero-order valence-electron chi connectivity index (χ0n) is 14.8. The van der Waals surface area contributed by atoms with Crippen molar-refractivity contribution < 1.29 is 14.6 Å². The number of benzene rings is 1. The van der Waals surface area contributed by atoms with Gasteiger partial charge in [-0.25, -0.2) is 0 Å². The zero-order valence-corrected chi connectivity index (χ0v) is 15.6. The van der Waals surface area contributed by atoms with Crippen molar-refractivity contribution in [3.8, 4) is 0 Å². The quantitative estimate of drug-likeness (QED) is 0.560. The molecule has 0 unspecified atom stereocenters. The van der Waals surface area contributed by atoms with E-state index in [1.54, 1.807) is 4.90 Å². The van der Waals surface area contributed by atoms with Gasteiger partial charge in [0, 0.05) is 6.54 Å². The largest absolute Gasteiger partial charge is 0.351 e. The van der Waals surface area contributed by atoms with Gasteiger partial charge in [0.05, 0.1) is 4.88 Å². The molecule has 134 valence electrons. The van der Waals surface area contributed by atoms with E-state index < -0.39 is 0 Å². The van der Waals surface area contributed by atoms with E-state index in [1.165, 1.54) is 15.3 Å². The molecule has 0 atom stereocenters. The molecule has 3 N–H and O–H groups in total. The monoisotopic (exact) mass is 359 g/mol. The van der Waals surface area contributed by atoms with Crippen molar-refractivity contribution in [1.29, 1.82) is 0 Å². The minimum Gasteiger partial charge on any atom is -0.351 e. The van der Waals surface area contributed by atoms with E-state index in [0.29, 0.717) is 6.54 Å². The lowest BCUT2D eigenvalue weighted by molar-refractivity contribution is -1.01.